The maximum Gasteiger partial charge on any atom is 0.264 e. The van der Waals surface area contributed by atoms with Crippen LogP contribution < -0.4 is 4.72 Å². The number of carbonyl (C=O) groups is 2. The molecule has 7 heteroatoms. The molecule has 0 aromatic heterocycles. The summed E-state index contributed by atoms with van der Waals surface area (Å²) in [5, 5.41) is -0.571. The number of ketones is 1. The second-order valence-corrected chi connectivity index (χ2v) is 8.22. The van der Waals surface area contributed by atoms with Crippen LogP contribution in [0.25, 0.3) is 0 Å². The number of rotatable bonds is 6. The number of amides is 1. The minimum absolute atomic E-state index is 0.0576. The van der Waals surface area contributed by atoms with Crippen molar-refractivity contribution < 1.29 is 18.0 Å². The molecule has 0 aliphatic heterocycles. The molecule has 0 saturated heterocycles. The van der Waals surface area contributed by atoms with Crippen molar-refractivity contribution in [1.82, 2.24) is 4.72 Å². The van der Waals surface area contributed by atoms with Crippen LogP contribution in [0.4, 0.5) is 0 Å². The molecule has 1 amide bonds. The third-order valence-corrected chi connectivity index (χ3v) is 5.71. The van der Waals surface area contributed by atoms with Crippen LogP contribution in [-0.2, 0) is 14.8 Å². The van der Waals surface area contributed by atoms with Crippen LogP contribution in [0, 0.1) is 0 Å². The lowest BCUT2D eigenvalue weighted by atomic mass is 10.2. The topological polar surface area (TPSA) is 80.3 Å². The summed E-state index contributed by atoms with van der Waals surface area (Å²) < 4.78 is 26.6. The molecule has 0 spiro atoms. The van der Waals surface area contributed by atoms with Crippen LogP contribution in [0.3, 0.4) is 0 Å². The molecule has 2 rings (SSSR count). The number of hydrogen-bond donors (Lipinski definition) is 1. The Kier molecular flexibility index (Phi) is 5.80. The van der Waals surface area contributed by atoms with E-state index in [4.69, 9.17) is 0 Å². The first-order chi connectivity index (χ1) is 11.3. The van der Waals surface area contributed by atoms with E-state index in [0.717, 1.165) is 4.90 Å². The zero-order chi connectivity index (χ0) is 17.7. The van der Waals surface area contributed by atoms with Gasteiger partial charge in [0.25, 0.3) is 10.0 Å². The molecule has 1 N–H and O–H groups in total. The van der Waals surface area contributed by atoms with E-state index >= 15 is 0 Å². The molecule has 2 aromatic carbocycles. The van der Waals surface area contributed by atoms with Crippen LogP contribution in [0.5, 0.6) is 0 Å². The summed E-state index contributed by atoms with van der Waals surface area (Å²) in [7, 11) is -3.96. The number of thioether (sulfide) groups is 1. The molecule has 1 atom stereocenters. The minimum Gasteiger partial charge on any atom is -0.295 e. The van der Waals surface area contributed by atoms with Crippen LogP contribution in [0.1, 0.15) is 24.2 Å². The zero-order valence-electron chi connectivity index (χ0n) is 13.2. The van der Waals surface area contributed by atoms with Gasteiger partial charge in [0, 0.05) is 10.5 Å². The average Bonchev–Trinajstić information content (AvgIpc) is 2.55. The fourth-order valence-electron chi connectivity index (χ4n) is 1.90. The van der Waals surface area contributed by atoms with Crippen molar-refractivity contribution in [3.05, 3.63) is 60.2 Å². The van der Waals surface area contributed by atoms with Gasteiger partial charge in [0.15, 0.2) is 5.78 Å². The standard InChI is InChI=1S/C17H17NO4S2/c1-12(19)14-8-10-16(11-9-14)24(21,22)18-17(20)13(2)23-15-6-4-3-5-7-15/h3-11,13H,1-2H3,(H,18,20)/t13-/m0/s1. The van der Waals surface area contributed by atoms with Gasteiger partial charge in [-0.05, 0) is 38.1 Å². The summed E-state index contributed by atoms with van der Waals surface area (Å²) in [6.45, 7) is 3.04. The minimum atomic E-state index is -3.96. The first-order valence-electron chi connectivity index (χ1n) is 7.19. The van der Waals surface area contributed by atoms with Gasteiger partial charge in [-0.3, -0.25) is 9.59 Å². The van der Waals surface area contributed by atoms with E-state index in [-0.39, 0.29) is 10.7 Å². The first-order valence-corrected chi connectivity index (χ1v) is 9.55. The highest BCUT2D eigenvalue weighted by Gasteiger charge is 2.22. The molecule has 2 aromatic rings. The predicted octanol–water partition coefficient (Wildman–Crippen LogP) is 2.87. The van der Waals surface area contributed by atoms with Crippen molar-refractivity contribution in [3.8, 4) is 0 Å². The first kappa shape index (κ1) is 18.2. The van der Waals surface area contributed by atoms with Crippen molar-refractivity contribution in [2.24, 2.45) is 0 Å². The Labute approximate surface area is 145 Å². The smallest absolute Gasteiger partial charge is 0.264 e. The molecule has 0 bridgehead atoms. The lowest BCUT2D eigenvalue weighted by molar-refractivity contribution is -0.118. The van der Waals surface area contributed by atoms with E-state index in [1.165, 1.54) is 43.0 Å². The summed E-state index contributed by atoms with van der Waals surface area (Å²) >= 11 is 1.27. The zero-order valence-corrected chi connectivity index (χ0v) is 14.9. The number of benzene rings is 2. The van der Waals surface area contributed by atoms with E-state index in [1.807, 2.05) is 30.3 Å². The third kappa shape index (κ3) is 4.69. The molecule has 0 radical (unpaired) electrons. The van der Waals surface area contributed by atoms with E-state index < -0.39 is 21.2 Å². The Balaban J connectivity index is 2.07. The maximum absolute atomic E-state index is 12.3. The van der Waals surface area contributed by atoms with E-state index in [0.29, 0.717) is 5.56 Å². The molecule has 0 saturated carbocycles. The highest BCUT2D eigenvalue weighted by atomic mass is 32.2. The van der Waals surface area contributed by atoms with Crippen molar-refractivity contribution in [3.63, 3.8) is 0 Å². The number of hydrogen-bond acceptors (Lipinski definition) is 5. The van der Waals surface area contributed by atoms with Gasteiger partial charge in [-0.1, -0.05) is 30.3 Å². The number of sulfonamides is 1. The monoisotopic (exact) mass is 363 g/mol. The molecule has 126 valence electrons. The molecule has 0 aliphatic rings. The molecule has 24 heavy (non-hydrogen) atoms. The van der Waals surface area contributed by atoms with Crippen LogP contribution in [0.15, 0.2) is 64.4 Å². The summed E-state index contributed by atoms with van der Waals surface area (Å²) in [6, 6.07) is 14.7. The van der Waals surface area contributed by atoms with Gasteiger partial charge in [0.1, 0.15) is 0 Å². The SMILES string of the molecule is CC(=O)c1ccc(S(=O)(=O)NC(=O)[C@H](C)Sc2ccccc2)cc1. The Morgan fingerprint density at radius 1 is 1.00 bits per heavy atom. The number of nitrogens with one attached hydrogen (secondary N) is 1. The van der Waals surface area contributed by atoms with Gasteiger partial charge < -0.3 is 0 Å². The Hall–Kier alpha value is -2.12. The Morgan fingerprint density at radius 2 is 1.58 bits per heavy atom. The van der Waals surface area contributed by atoms with Crippen LogP contribution >= 0.6 is 11.8 Å². The number of Topliss-reactive ketones (excluding diaryl/α,β-unsaturated/α-hetero) is 1. The molecule has 0 unspecified atom stereocenters. The fourth-order valence-corrected chi connectivity index (χ4v) is 3.92. The van der Waals surface area contributed by atoms with Gasteiger partial charge in [-0.15, -0.1) is 11.8 Å². The molecule has 0 aliphatic carbocycles. The molecular weight excluding hydrogens is 346 g/mol. The maximum atomic E-state index is 12.3. The molecule has 0 heterocycles. The van der Waals surface area contributed by atoms with Crippen LogP contribution in [-0.4, -0.2) is 25.4 Å². The molecule has 0 fully saturated rings. The van der Waals surface area contributed by atoms with Gasteiger partial charge in [0.2, 0.25) is 5.91 Å². The second kappa shape index (κ2) is 7.63. The number of carbonyl (C=O) groups excluding carboxylic acids is 2. The second-order valence-electron chi connectivity index (χ2n) is 5.12. The molecular formula is C17H17NO4S2. The quantitative estimate of drug-likeness (QED) is 0.630. The highest BCUT2D eigenvalue weighted by Crippen LogP contribution is 2.23. The Bertz CT molecular complexity index is 831. The van der Waals surface area contributed by atoms with Crippen molar-refractivity contribution in [1.29, 1.82) is 0 Å². The van der Waals surface area contributed by atoms with Gasteiger partial charge in [-0.2, -0.15) is 0 Å². The van der Waals surface area contributed by atoms with Gasteiger partial charge >= 0.3 is 0 Å². The summed E-state index contributed by atoms with van der Waals surface area (Å²) in [5.41, 5.74) is 0.410. The van der Waals surface area contributed by atoms with Crippen LogP contribution in [0.2, 0.25) is 0 Å². The lowest BCUT2D eigenvalue weighted by Crippen LogP contribution is -2.36. The van der Waals surface area contributed by atoms with E-state index in [1.54, 1.807) is 6.92 Å². The van der Waals surface area contributed by atoms with Gasteiger partial charge in [-0.25, -0.2) is 13.1 Å². The van der Waals surface area contributed by atoms with E-state index in [9.17, 15) is 18.0 Å². The van der Waals surface area contributed by atoms with Crippen molar-refractivity contribution in [2.45, 2.75) is 28.9 Å². The summed E-state index contributed by atoms with van der Waals surface area (Å²) in [6.07, 6.45) is 0. The lowest BCUT2D eigenvalue weighted by Gasteiger charge is -2.12. The third-order valence-electron chi connectivity index (χ3n) is 3.23. The largest absolute Gasteiger partial charge is 0.295 e. The normalized spacial score (nSPS) is 12.4. The summed E-state index contributed by atoms with van der Waals surface area (Å²) in [5.74, 6) is -0.754. The molecule has 5 nitrogen and oxygen atoms in total. The average molecular weight is 363 g/mol. The van der Waals surface area contributed by atoms with E-state index in [2.05, 4.69) is 4.72 Å². The van der Waals surface area contributed by atoms with Crippen molar-refractivity contribution >= 4 is 33.5 Å². The Morgan fingerprint density at radius 3 is 2.12 bits per heavy atom. The fraction of sp³-hybridized carbons (Fsp3) is 0.176. The summed E-state index contributed by atoms with van der Waals surface area (Å²) in [4.78, 5) is 24.2. The van der Waals surface area contributed by atoms with Gasteiger partial charge in [0.05, 0.1) is 10.1 Å². The predicted molar refractivity (Wildman–Crippen MR) is 93.5 cm³/mol. The highest BCUT2D eigenvalue weighted by molar-refractivity contribution is 8.00. The van der Waals surface area contributed by atoms with Crippen molar-refractivity contribution in [2.75, 3.05) is 0 Å².